The molecule has 3 rings (SSSR count). The van der Waals surface area contributed by atoms with Crippen LogP contribution in [0.1, 0.15) is 36.0 Å². The van der Waals surface area contributed by atoms with Crippen LogP contribution in [0.2, 0.25) is 0 Å². The quantitative estimate of drug-likeness (QED) is 0.849. The Labute approximate surface area is 149 Å². The van der Waals surface area contributed by atoms with Crippen molar-refractivity contribution < 1.29 is 14.3 Å². The number of nitrogens with two attached hydrogens (primary N) is 1. The first-order chi connectivity index (χ1) is 12.2. The van der Waals surface area contributed by atoms with Gasteiger partial charge in [0.25, 0.3) is 5.91 Å². The molecule has 0 radical (unpaired) electrons. The summed E-state index contributed by atoms with van der Waals surface area (Å²) < 4.78 is 10.9. The molecule has 2 aliphatic heterocycles. The fourth-order valence-corrected chi connectivity index (χ4v) is 3.77. The average molecular weight is 347 g/mol. The summed E-state index contributed by atoms with van der Waals surface area (Å²) in [7, 11) is 1.60. The predicted molar refractivity (Wildman–Crippen MR) is 97.3 cm³/mol. The van der Waals surface area contributed by atoms with Gasteiger partial charge in [-0.1, -0.05) is 6.42 Å². The van der Waals surface area contributed by atoms with E-state index in [9.17, 15) is 4.79 Å². The second-order valence-corrected chi connectivity index (χ2v) is 6.79. The minimum atomic E-state index is 0.0363. The Hall–Kier alpha value is -1.79. The van der Waals surface area contributed by atoms with E-state index in [1.165, 1.54) is 32.4 Å². The fraction of sp³-hybridized carbons (Fsp3) is 0.632. The molecule has 6 nitrogen and oxygen atoms in total. The van der Waals surface area contributed by atoms with Crippen LogP contribution in [-0.2, 0) is 0 Å². The van der Waals surface area contributed by atoms with Crippen LogP contribution >= 0.6 is 0 Å². The van der Waals surface area contributed by atoms with Gasteiger partial charge in [0, 0.05) is 31.7 Å². The highest BCUT2D eigenvalue weighted by Gasteiger charge is 2.32. The van der Waals surface area contributed by atoms with Crippen LogP contribution in [0.3, 0.4) is 0 Å². The van der Waals surface area contributed by atoms with Gasteiger partial charge in [0.05, 0.1) is 12.7 Å². The van der Waals surface area contributed by atoms with E-state index in [0.717, 1.165) is 19.5 Å². The van der Waals surface area contributed by atoms with Crippen LogP contribution in [0.15, 0.2) is 18.2 Å². The third-order valence-electron chi connectivity index (χ3n) is 5.15. The molecule has 1 aromatic rings. The molecule has 138 valence electrons. The molecular weight excluding hydrogens is 318 g/mol. The van der Waals surface area contributed by atoms with Crippen molar-refractivity contribution in [3.8, 4) is 11.5 Å². The number of hydrogen-bond acceptors (Lipinski definition) is 5. The Bertz CT molecular complexity index is 587. The zero-order valence-corrected chi connectivity index (χ0v) is 15.1. The number of carbonyl (C=O) groups is 1. The first kappa shape index (κ1) is 18.0. The van der Waals surface area contributed by atoms with E-state index in [4.69, 9.17) is 15.2 Å². The summed E-state index contributed by atoms with van der Waals surface area (Å²) in [6, 6.07) is 5.86. The molecule has 0 aliphatic carbocycles. The third kappa shape index (κ3) is 4.25. The van der Waals surface area contributed by atoms with Crippen LogP contribution in [0.5, 0.6) is 11.5 Å². The van der Waals surface area contributed by atoms with Crippen LogP contribution in [-0.4, -0.2) is 68.2 Å². The second kappa shape index (κ2) is 8.54. The third-order valence-corrected chi connectivity index (χ3v) is 5.15. The van der Waals surface area contributed by atoms with Gasteiger partial charge < -0.3 is 20.1 Å². The summed E-state index contributed by atoms with van der Waals surface area (Å²) in [5.41, 5.74) is 6.13. The summed E-state index contributed by atoms with van der Waals surface area (Å²) in [4.78, 5) is 17.5. The molecule has 6 heteroatoms. The van der Waals surface area contributed by atoms with Gasteiger partial charge in [-0.2, -0.15) is 0 Å². The minimum absolute atomic E-state index is 0.0363. The molecule has 25 heavy (non-hydrogen) atoms. The normalized spacial score (nSPS) is 21.4. The Balaban J connectivity index is 1.69. The van der Waals surface area contributed by atoms with E-state index in [-0.39, 0.29) is 5.91 Å². The molecule has 2 heterocycles. The van der Waals surface area contributed by atoms with Gasteiger partial charge in [-0.3, -0.25) is 9.69 Å². The Morgan fingerprint density at radius 2 is 2.04 bits per heavy atom. The highest BCUT2D eigenvalue weighted by atomic mass is 16.5. The maximum atomic E-state index is 13.0. The zero-order valence-electron chi connectivity index (χ0n) is 15.1. The van der Waals surface area contributed by atoms with Gasteiger partial charge in [0.1, 0.15) is 18.1 Å². The molecule has 2 fully saturated rings. The first-order valence-electron chi connectivity index (χ1n) is 9.27. The largest absolute Gasteiger partial charge is 0.497 e. The van der Waals surface area contributed by atoms with Crippen molar-refractivity contribution in [1.29, 1.82) is 0 Å². The summed E-state index contributed by atoms with van der Waals surface area (Å²) in [5, 5.41) is 0. The standard InChI is InChI=1S/C19H29N3O3/c1-24-16-5-6-17(18(13-16)25-12-8-20)19(23)22-11-7-15(14-22)21-9-3-2-4-10-21/h5-6,13,15H,2-4,7-12,14,20H2,1H3/t15-/m0/s1. The lowest BCUT2D eigenvalue weighted by molar-refractivity contribution is 0.0767. The number of likely N-dealkylation sites (tertiary alicyclic amines) is 2. The van der Waals surface area contributed by atoms with Crippen LogP contribution in [0, 0.1) is 0 Å². The molecule has 0 saturated carbocycles. The molecule has 2 N–H and O–H groups in total. The molecule has 2 saturated heterocycles. The molecule has 2 aliphatic rings. The van der Waals surface area contributed by atoms with Gasteiger partial charge in [0.15, 0.2) is 0 Å². The smallest absolute Gasteiger partial charge is 0.257 e. The van der Waals surface area contributed by atoms with Gasteiger partial charge in [0.2, 0.25) is 0 Å². The van der Waals surface area contributed by atoms with Crippen molar-refractivity contribution in [3.63, 3.8) is 0 Å². The number of ether oxygens (including phenoxy) is 2. The first-order valence-corrected chi connectivity index (χ1v) is 9.27. The van der Waals surface area contributed by atoms with Gasteiger partial charge in [-0.25, -0.2) is 0 Å². The molecule has 0 aromatic heterocycles. The summed E-state index contributed by atoms with van der Waals surface area (Å²) in [6.07, 6.45) is 4.94. The van der Waals surface area contributed by atoms with Crippen molar-refractivity contribution in [3.05, 3.63) is 23.8 Å². The number of piperidine rings is 1. The number of rotatable bonds is 6. The van der Waals surface area contributed by atoms with E-state index in [1.54, 1.807) is 25.3 Å². The van der Waals surface area contributed by atoms with Gasteiger partial charge in [-0.05, 0) is 44.5 Å². The van der Waals surface area contributed by atoms with Crippen molar-refractivity contribution >= 4 is 5.91 Å². The molecule has 0 spiro atoms. The molecular formula is C19H29N3O3. The lowest BCUT2D eigenvalue weighted by atomic mass is 10.1. The molecule has 1 aromatic carbocycles. The van der Waals surface area contributed by atoms with Gasteiger partial charge in [-0.15, -0.1) is 0 Å². The molecule has 0 unspecified atom stereocenters. The van der Waals surface area contributed by atoms with E-state index >= 15 is 0 Å². The number of carbonyl (C=O) groups excluding carboxylic acids is 1. The maximum Gasteiger partial charge on any atom is 0.257 e. The number of benzene rings is 1. The molecule has 1 amide bonds. The van der Waals surface area contributed by atoms with Crippen molar-refractivity contribution in [1.82, 2.24) is 9.80 Å². The monoisotopic (exact) mass is 347 g/mol. The topological polar surface area (TPSA) is 68.0 Å². The predicted octanol–water partition coefficient (Wildman–Crippen LogP) is 1.73. The summed E-state index contributed by atoms with van der Waals surface area (Å²) >= 11 is 0. The average Bonchev–Trinajstić information content (AvgIpc) is 3.16. The van der Waals surface area contributed by atoms with Crippen LogP contribution in [0.4, 0.5) is 0 Å². The van der Waals surface area contributed by atoms with Crippen molar-refractivity contribution in [2.24, 2.45) is 5.73 Å². The Morgan fingerprint density at radius 1 is 1.24 bits per heavy atom. The fourth-order valence-electron chi connectivity index (χ4n) is 3.77. The molecule has 0 bridgehead atoms. The number of hydrogen-bond donors (Lipinski definition) is 1. The Morgan fingerprint density at radius 3 is 2.76 bits per heavy atom. The minimum Gasteiger partial charge on any atom is -0.497 e. The van der Waals surface area contributed by atoms with E-state index in [1.807, 2.05) is 4.90 Å². The van der Waals surface area contributed by atoms with Crippen LogP contribution in [0.25, 0.3) is 0 Å². The Kier molecular flexibility index (Phi) is 6.15. The zero-order chi connectivity index (χ0) is 17.6. The van der Waals surface area contributed by atoms with Gasteiger partial charge >= 0.3 is 0 Å². The number of methoxy groups -OCH3 is 1. The maximum absolute atomic E-state index is 13.0. The summed E-state index contributed by atoms with van der Waals surface area (Å²) in [6.45, 7) is 4.74. The summed E-state index contributed by atoms with van der Waals surface area (Å²) in [5.74, 6) is 1.27. The number of nitrogens with zero attached hydrogens (tertiary/aromatic N) is 2. The lowest BCUT2D eigenvalue weighted by Crippen LogP contribution is -2.41. The lowest BCUT2D eigenvalue weighted by Gasteiger charge is -2.32. The van der Waals surface area contributed by atoms with E-state index < -0.39 is 0 Å². The SMILES string of the molecule is COc1ccc(C(=O)N2CC[C@H](N3CCCCC3)C2)c(OCCN)c1. The molecule has 1 atom stereocenters. The van der Waals surface area contributed by atoms with E-state index in [0.29, 0.717) is 36.3 Å². The van der Waals surface area contributed by atoms with Crippen LogP contribution < -0.4 is 15.2 Å². The van der Waals surface area contributed by atoms with E-state index in [2.05, 4.69) is 4.90 Å². The highest BCUT2D eigenvalue weighted by Crippen LogP contribution is 2.28. The van der Waals surface area contributed by atoms with Crippen molar-refractivity contribution in [2.45, 2.75) is 31.7 Å². The number of amides is 1. The van der Waals surface area contributed by atoms with Crippen molar-refractivity contribution in [2.75, 3.05) is 46.4 Å². The second-order valence-electron chi connectivity index (χ2n) is 6.79. The highest BCUT2D eigenvalue weighted by molar-refractivity contribution is 5.97.